The maximum Gasteiger partial charge on any atom is 0.246 e. The Morgan fingerprint density at radius 3 is 2.71 bits per heavy atom. The number of aromatic nitrogens is 2. The summed E-state index contributed by atoms with van der Waals surface area (Å²) < 4.78 is 1.88. The number of amides is 1. The molecular weight excluding hydrogens is 372 g/mol. The average molecular weight is 395 g/mol. The van der Waals surface area contributed by atoms with Crippen LogP contribution in [0.25, 0.3) is 11.7 Å². The summed E-state index contributed by atoms with van der Waals surface area (Å²) in [4.78, 5) is 21.3. The van der Waals surface area contributed by atoms with E-state index < -0.39 is 0 Å². The largest absolute Gasteiger partial charge is 0.370 e. The Kier molecular flexibility index (Phi) is 5.35. The Labute approximate surface area is 169 Å². The molecule has 0 atom stereocenters. The van der Waals surface area contributed by atoms with Gasteiger partial charge in [-0.1, -0.05) is 35.4 Å². The zero-order chi connectivity index (χ0) is 19.5. The molecule has 3 heterocycles. The number of fused-ring (bicyclic) bond motifs is 1. The normalized spacial score (nSPS) is 15.4. The van der Waals surface area contributed by atoms with Gasteiger partial charge in [-0.2, -0.15) is 0 Å². The Morgan fingerprint density at radius 1 is 1.07 bits per heavy atom. The van der Waals surface area contributed by atoms with Gasteiger partial charge in [-0.3, -0.25) is 9.20 Å². The monoisotopic (exact) mass is 394 g/mol. The lowest BCUT2D eigenvalue weighted by Gasteiger charge is -2.23. The number of pyridine rings is 1. The molecule has 1 amide bonds. The second-order valence-corrected chi connectivity index (χ2v) is 7.41. The Balaban J connectivity index is 1.44. The quantitative estimate of drug-likeness (QED) is 0.629. The first kappa shape index (κ1) is 18.6. The van der Waals surface area contributed by atoms with Crippen LogP contribution in [-0.2, 0) is 4.79 Å². The lowest BCUT2D eigenvalue weighted by molar-refractivity contribution is -0.125. The fraction of sp³-hybridized carbons (Fsp3) is 0.273. The summed E-state index contributed by atoms with van der Waals surface area (Å²) in [5, 5.41) is 0.400. The highest BCUT2D eigenvalue weighted by atomic mass is 35.5. The van der Waals surface area contributed by atoms with E-state index in [9.17, 15) is 4.79 Å². The van der Waals surface area contributed by atoms with Gasteiger partial charge in [-0.15, -0.1) is 0 Å². The van der Waals surface area contributed by atoms with Crippen LogP contribution in [-0.4, -0.2) is 46.4 Å². The third-order valence-corrected chi connectivity index (χ3v) is 5.39. The molecule has 1 fully saturated rings. The van der Waals surface area contributed by atoms with Crippen molar-refractivity contribution in [1.82, 2.24) is 14.3 Å². The molecule has 2 aromatic heterocycles. The highest BCUT2D eigenvalue weighted by Crippen LogP contribution is 2.20. The molecule has 0 radical (unpaired) electrons. The van der Waals surface area contributed by atoms with Crippen LogP contribution < -0.4 is 4.90 Å². The Morgan fingerprint density at radius 2 is 1.89 bits per heavy atom. The number of hydrogen-bond donors (Lipinski definition) is 0. The summed E-state index contributed by atoms with van der Waals surface area (Å²) in [6.07, 6.45) is 6.20. The predicted molar refractivity (Wildman–Crippen MR) is 114 cm³/mol. The summed E-state index contributed by atoms with van der Waals surface area (Å²) in [6, 6.07) is 14.3. The molecule has 6 heteroatoms. The maximum atomic E-state index is 12.7. The lowest BCUT2D eigenvalue weighted by atomic mass is 10.2. The minimum atomic E-state index is 0.00713. The predicted octanol–water partition coefficient (Wildman–Crippen LogP) is 4.05. The second kappa shape index (κ2) is 8.07. The smallest absolute Gasteiger partial charge is 0.246 e. The van der Waals surface area contributed by atoms with Gasteiger partial charge in [0.2, 0.25) is 5.91 Å². The summed E-state index contributed by atoms with van der Waals surface area (Å²) in [6.45, 7) is 5.34. The third-order valence-electron chi connectivity index (χ3n) is 5.11. The van der Waals surface area contributed by atoms with Gasteiger partial charge < -0.3 is 9.80 Å². The van der Waals surface area contributed by atoms with Crippen molar-refractivity contribution in [2.75, 3.05) is 31.1 Å². The molecule has 28 heavy (non-hydrogen) atoms. The van der Waals surface area contributed by atoms with Gasteiger partial charge in [-0.25, -0.2) is 4.98 Å². The summed E-state index contributed by atoms with van der Waals surface area (Å²) in [5.41, 5.74) is 3.96. The summed E-state index contributed by atoms with van der Waals surface area (Å²) in [7, 11) is 0. The molecule has 4 rings (SSSR count). The molecule has 3 aromatic rings. The molecule has 5 nitrogen and oxygen atoms in total. The van der Waals surface area contributed by atoms with E-state index in [1.807, 2.05) is 33.7 Å². The van der Waals surface area contributed by atoms with E-state index in [0.29, 0.717) is 11.7 Å². The van der Waals surface area contributed by atoms with Gasteiger partial charge >= 0.3 is 0 Å². The first-order chi connectivity index (χ1) is 13.6. The van der Waals surface area contributed by atoms with Crippen molar-refractivity contribution in [1.29, 1.82) is 0 Å². The average Bonchev–Trinajstić information content (AvgIpc) is 2.86. The van der Waals surface area contributed by atoms with E-state index in [4.69, 9.17) is 11.6 Å². The van der Waals surface area contributed by atoms with Crippen molar-refractivity contribution in [3.63, 3.8) is 0 Å². The van der Waals surface area contributed by atoms with E-state index >= 15 is 0 Å². The number of halogens is 1. The SMILES string of the molecule is Cc1ccc(N2CCCN(C(=O)/C=C/c3c(Cl)nc4ccccn34)CC2)cc1. The van der Waals surface area contributed by atoms with Crippen LogP contribution in [0.2, 0.25) is 5.15 Å². The number of aryl methyl sites for hydroxylation is 1. The van der Waals surface area contributed by atoms with Gasteiger partial charge in [0.15, 0.2) is 5.15 Å². The summed E-state index contributed by atoms with van der Waals surface area (Å²) in [5.74, 6) is 0.00713. The van der Waals surface area contributed by atoms with Crippen molar-refractivity contribution in [3.8, 4) is 0 Å². The zero-order valence-corrected chi connectivity index (χ0v) is 16.6. The van der Waals surface area contributed by atoms with Crippen molar-refractivity contribution in [2.45, 2.75) is 13.3 Å². The van der Waals surface area contributed by atoms with Crippen molar-refractivity contribution in [2.24, 2.45) is 0 Å². The molecule has 0 bridgehead atoms. The molecular formula is C22H23ClN4O. The second-order valence-electron chi connectivity index (χ2n) is 7.05. The van der Waals surface area contributed by atoms with E-state index in [1.54, 1.807) is 12.2 Å². The van der Waals surface area contributed by atoms with Gasteiger partial charge in [-0.05, 0) is 43.7 Å². The molecule has 0 spiro atoms. The molecule has 1 aliphatic heterocycles. The fourth-order valence-corrected chi connectivity index (χ4v) is 3.78. The van der Waals surface area contributed by atoms with Gasteiger partial charge in [0.1, 0.15) is 5.65 Å². The number of rotatable bonds is 3. The van der Waals surface area contributed by atoms with Crippen LogP contribution in [0.5, 0.6) is 0 Å². The standard InChI is InChI=1S/C22H23ClN4O/c1-17-6-8-18(9-7-17)25-12-4-13-26(16-15-25)21(28)11-10-19-22(23)24-20-5-2-3-14-27(19)20/h2-3,5-11,14H,4,12-13,15-16H2,1H3/b11-10+. The Bertz CT molecular complexity index is 1010. The van der Waals surface area contributed by atoms with Crippen LogP contribution in [0.3, 0.4) is 0 Å². The highest BCUT2D eigenvalue weighted by molar-refractivity contribution is 6.31. The number of carbonyl (C=O) groups is 1. The highest BCUT2D eigenvalue weighted by Gasteiger charge is 2.18. The van der Waals surface area contributed by atoms with Crippen LogP contribution >= 0.6 is 11.6 Å². The molecule has 144 valence electrons. The van der Waals surface area contributed by atoms with E-state index in [2.05, 4.69) is 41.1 Å². The molecule has 1 aromatic carbocycles. The number of imidazole rings is 1. The van der Waals surface area contributed by atoms with Gasteiger partial charge in [0.05, 0.1) is 5.69 Å². The van der Waals surface area contributed by atoms with Gasteiger partial charge in [0, 0.05) is 44.1 Å². The van der Waals surface area contributed by atoms with Crippen molar-refractivity contribution >= 4 is 34.9 Å². The fourth-order valence-electron chi connectivity index (χ4n) is 3.54. The molecule has 0 unspecified atom stereocenters. The molecule has 0 N–H and O–H groups in total. The maximum absolute atomic E-state index is 12.7. The zero-order valence-electron chi connectivity index (χ0n) is 15.9. The third kappa shape index (κ3) is 3.90. The van der Waals surface area contributed by atoms with Crippen LogP contribution in [0, 0.1) is 6.92 Å². The molecule has 1 saturated heterocycles. The number of anilines is 1. The van der Waals surface area contributed by atoms with Crippen LogP contribution in [0.1, 0.15) is 17.7 Å². The summed E-state index contributed by atoms with van der Waals surface area (Å²) >= 11 is 6.25. The van der Waals surface area contributed by atoms with E-state index in [-0.39, 0.29) is 5.91 Å². The Hall–Kier alpha value is -2.79. The number of carbonyl (C=O) groups excluding carboxylic acids is 1. The molecule has 0 aliphatic carbocycles. The first-order valence-electron chi connectivity index (χ1n) is 9.53. The first-order valence-corrected chi connectivity index (χ1v) is 9.91. The topological polar surface area (TPSA) is 40.8 Å². The number of benzene rings is 1. The molecule has 1 aliphatic rings. The van der Waals surface area contributed by atoms with E-state index in [1.165, 1.54) is 11.3 Å². The van der Waals surface area contributed by atoms with Crippen molar-refractivity contribution < 1.29 is 4.79 Å². The van der Waals surface area contributed by atoms with Gasteiger partial charge in [0.25, 0.3) is 0 Å². The van der Waals surface area contributed by atoms with Crippen molar-refractivity contribution in [3.05, 3.63) is 71.1 Å². The van der Waals surface area contributed by atoms with Crippen LogP contribution in [0.4, 0.5) is 5.69 Å². The number of nitrogens with zero attached hydrogens (tertiary/aromatic N) is 4. The molecule has 0 saturated carbocycles. The minimum absolute atomic E-state index is 0.00713. The van der Waals surface area contributed by atoms with E-state index in [0.717, 1.165) is 37.4 Å². The lowest BCUT2D eigenvalue weighted by Crippen LogP contribution is -2.34. The minimum Gasteiger partial charge on any atom is -0.370 e. The van der Waals surface area contributed by atoms with Crippen LogP contribution in [0.15, 0.2) is 54.7 Å². The number of hydrogen-bond acceptors (Lipinski definition) is 3.